The van der Waals surface area contributed by atoms with Crippen molar-refractivity contribution in [1.82, 2.24) is 0 Å². The lowest BCUT2D eigenvalue weighted by atomic mass is 9.91. The molecule has 0 N–H and O–H groups in total. The molecule has 47 heavy (non-hydrogen) atoms. The topological polar surface area (TPSA) is 3.24 Å². The fraction of sp³-hybridized carbons (Fsp3) is 0. The third kappa shape index (κ3) is 5.83. The molecule has 0 fully saturated rings. The Kier molecular flexibility index (Phi) is 4.42. The SMILES string of the molecule is [2H]c1c([2H])c([2H])c(-c2c(-c3c([2H])c([2H])c(N(c4ccc(-c5ccccc5)cc4)c4ccc(-c5ccccc5)cc4)c([2H])c3[2H])c([2H])c3c([2H])c([2H])c([2H])c([2H])c3c2[2H])c([2H])c1[2H]. The van der Waals surface area contributed by atoms with E-state index in [9.17, 15) is 8.22 Å². The molecule has 8 aromatic rings. The van der Waals surface area contributed by atoms with E-state index < -0.39 is 124 Å². The van der Waals surface area contributed by atoms with E-state index in [0.29, 0.717) is 11.4 Å². The Morgan fingerprint density at radius 2 is 0.723 bits per heavy atom. The van der Waals surface area contributed by atoms with Gasteiger partial charge >= 0.3 is 0 Å². The second kappa shape index (κ2) is 12.7. The monoisotopic (exact) mass is 614 g/mol. The Balaban J connectivity index is 1.44. The number of hydrogen-bond acceptors (Lipinski definition) is 1. The molecule has 1 heteroatoms. The average Bonchev–Trinajstić information content (AvgIpc) is 3.29. The van der Waals surface area contributed by atoms with Crippen LogP contribution in [0.2, 0.25) is 0 Å². The highest BCUT2D eigenvalue weighted by atomic mass is 15.1. The first-order valence-corrected chi connectivity index (χ1v) is 14.9. The molecule has 0 bridgehead atoms. The molecule has 0 aliphatic heterocycles. The summed E-state index contributed by atoms with van der Waals surface area (Å²) >= 11 is 0. The number of rotatable bonds is 7. The van der Waals surface area contributed by atoms with Crippen molar-refractivity contribution < 1.29 is 20.6 Å². The fourth-order valence-electron chi connectivity index (χ4n) is 5.44. The molecule has 8 aromatic carbocycles. The van der Waals surface area contributed by atoms with Crippen LogP contribution in [0.4, 0.5) is 17.1 Å². The molecular formula is C46H33N. The van der Waals surface area contributed by atoms with Gasteiger partial charge in [-0.25, -0.2) is 0 Å². The highest BCUT2D eigenvalue weighted by Gasteiger charge is 2.15. The molecule has 1 nitrogen and oxygen atoms in total. The number of nitrogens with zero attached hydrogens (tertiary/aromatic N) is 1. The predicted octanol–water partition coefficient (Wildman–Crippen LogP) is 13.0. The molecule has 0 saturated heterocycles. The highest BCUT2D eigenvalue weighted by Crippen LogP contribution is 2.40. The summed E-state index contributed by atoms with van der Waals surface area (Å²) in [5, 5.41) is -0.964. The van der Waals surface area contributed by atoms with E-state index in [2.05, 4.69) is 0 Å². The van der Waals surface area contributed by atoms with E-state index in [4.69, 9.17) is 12.3 Å². The number of anilines is 3. The van der Waals surface area contributed by atoms with Crippen molar-refractivity contribution in [2.24, 2.45) is 0 Å². The van der Waals surface area contributed by atoms with Crippen molar-refractivity contribution >= 4 is 27.8 Å². The fourth-order valence-corrected chi connectivity index (χ4v) is 5.44. The summed E-state index contributed by atoms with van der Waals surface area (Å²) in [7, 11) is 0. The van der Waals surface area contributed by atoms with Gasteiger partial charge in [0.2, 0.25) is 0 Å². The summed E-state index contributed by atoms with van der Waals surface area (Å²) in [5.41, 5.74) is 2.08. The maximum atomic E-state index is 9.57. The Morgan fingerprint density at radius 1 is 0.319 bits per heavy atom. The number of hydrogen-bond donors (Lipinski definition) is 0. The highest BCUT2D eigenvalue weighted by molar-refractivity contribution is 5.96. The Labute approximate surface area is 297 Å². The van der Waals surface area contributed by atoms with E-state index in [0.717, 1.165) is 22.3 Å². The van der Waals surface area contributed by atoms with E-state index in [1.165, 1.54) is 0 Å². The van der Waals surface area contributed by atoms with Crippen molar-refractivity contribution in [2.45, 2.75) is 0 Å². The summed E-state index contributed by atoms with van der Waals surface area (Å²) in [4.78, 5) is 1.57. The van der Waals surface area contributed by atoms with Crippen molar-refractivity contribution in [3.63, 3.8) is 0 Å². The van der Waals surface area contributed by atoms with E-state index in [1.54, 1.807) is 29.2 Å². The molecule has 0 atom stereocenters. The summed E-state index contributed by atoms with van der Waals surface area (Å²) in [5.74, 6) is 0. The van der Waals surface area contributed by atoms with Gasteiger partial charge in [0, 0.05) is 17.1 Å². The summed E-state index contributed by atoms with van der Waals surface area (Å²) in [6, 6.07) is 22.9. The molecule has 222 valence electrons. The van der Waals surface area contributed by atoms with Crippen molar-refractivity contribution in [3.05, 3.63) is 200 Å². The van der Waals surface area contributed by atoms with Gasteiger partial charge in [-0.15, -0.1) is 0 Å². The number of fused-ring (bicyclic) bond motifs is 1. The Morgan fingerprint density at radius 3 is 1.19 bits per heavy atom. The summed E-state index contributed by atoms with van der Waals surface area (Å²) in [6.07, 6.45) is 0. The molecule has 0 aliphatic carbocycles. The molecule has 0 unspecified atom stereocenters. The minimum Gasteiger partial charge on any atom is -0.311 e. The Bertz CT molecular complexity index is 2960. The summed E-state index contributed by atoms with van der Waals surface area (Å²) in [6.45, 7) is 0. The van der Waals surface area contributed by atoms with Crippen LogP contribution in [0.15, 0.2) is 200 Å². The minimum absolute atomic E-state index is 0.187. The largest absolute Gasteiger partial charge is 0.311 e. The molecule has 8 rings (SSSR count). The van der Waals surface area contributed by atoms with Crippen LogP contribution in [-0.4, -0.2) is 0 Å². The van der Waals surface area contributed by atoms with Gasteiger partial charge in [0.1, 0.15) is 0 Å². The normalized spacial score (nSPS) is 15.4. The maximum absolute atomic E-state index is 9.57. The van der Waals surface area contributed by atoms with Crippen LogP contribution >= 0.6 is 0 Å². The molecular weight excluding hydrogens is 567 g/mol. The summed E-state index contributed by atoms with van der Waals surface area (Å²) < 4.78 is 134. The molecule has 0 spiro atoms. The van der Waals surface area contributed by atoms with Crippen molar-refractivity contribution in [1.29, 1.82) is 0 Å². The molecule has 0 amide bonds. The van der Waals surface area contributed by atoms with Crippen LogP contribution in [0.25, 0.3) is 55.3 Å². The number of benzene rings is 8. The third-order valence-corrected chi connectivity index (χ3v) is 7.74. The van der Waals surface area contributed by atoms with Gasteiger partial charge in [0.15, 0.2) is 0 Å². The standard InChI is InChI=1S/C46H33N/c1-4-12-34(13-5-1)36-20-26-42(27-21-36)47(43-28-22-37(23-29-43)35-14-6-2-7-15-35)44-30-24-39(25-31-44)46-33-41-19-11-10-18-40(41)32-45(46)38-16-8-3-9-17-38/h1-33H/i3D,8D,9D,10D,11D,16D,17D,18D,19D,24D,25D,30D,31D,32D,33D. The molecule has 0 aliphatic rings. The lowest BCUT2D eigenvalue weighted by molar-refractivity contribution is 1.28. The van der Waals surface area contributed by atoms with Crippen molar-refractivity contribution in [3.8, 4) is 44.5 Å². The Hall–Kier alpha value is -6.18. The minimum atomic E-state index is -0.804. The maximum Gasteiger partial charge on any atom is 0.0645 e. The van der Waals surface area contributed by atoms with Gasteiger partial charge in [-0.05, 0) is 104 Å². The zero-order valence-corrected chi connectivity index (χ0v) is 24.8. The van der Waals surface area contributed by atoms with Crippen LogP contribution in [-0.2, 0) is 0 Å². The zero-order valence-electron chi connectivity index (χ0n) is 39.8. The average molecular weight is 615 g/mol. The van der Waals surface area contributed by atoms with Crippen LogP contribution in [0.5, 0.6) is 0 Å². The van der Waals surface area contributed by atoms with Gasteiger partial charge < -0.3 is 4.90 Å². The van der Waals surface area contributed by atoms with E-state index in [1.807, 2.05) is 84.9 Å². The first-order valence-electron chi connectivity index (χ1n) is 22.4. The van der Waals surface area contributed by atoms with E-state index >= 15 is 0 Å². The lowest BCUT2D eigenvalue weighted by Crippen LogP contribution is -2.09. The molecule has 0 heterocycles. The molecule has 0 radical (unpaired) electrons. The van der Waals surface area contributed by atoms with Crippen molar-refractivity contribution in [2.75, 3.05) is 4.90 Å². The smallest absolute Gasteiger partial charge is 0.0645 e. The first kappa shape index (κ1) is 16.4. The van der Waals surface area contributed by atoms with Crippen LogP contribution < -0.4 is 4.90 Å². The van der Waals surface area contributed by atoms with E-state index in [-0.39, 0.29) is 5.69 Å². The van der Waals surface area contributed by atoms with Gasteiger partial charge in [-0.1, -0.05) is 151 Å². The molecule has 0 aromatic heterocycles. The zero-order chi connectivity index (χ0) is 44.5. The van der Waals surface area contributed by atoms with Gasteiger partial charge in [-0.3, -0.25) is 0 Å². The van der Waals surface area contributed by atoms with Gasteiger partial charge in [0.05, 0.1) is 20.6 Å². The lowest BCUT2D eigenvalue weighted by Gasteiger charge is -2.26. The quantitative estimate of drug-likeness (QED) is 0.173. The second-order valence-electron chi connectivity index (χ2n) is 10.6. The van der Waals surface area contributed by atoms with Crippen LogP contribution in [0, 0.1) is 0 Å². The molecule has 0 saturated carbocycles. The first-order chi connectivity index (χ1) is 29.6. The van der Waals surface area contributed by atoms with Crippen LogP contribution in [0.1, 0.15) is 20.6 Å². The van der Waals surface area contributed by atoms with Crippen LogP contribution in [0.3, 0.4) is 0 Å². The van der Waals surface area contributed by atoms with Gasteiger partial charge in [0.25, 0.3) is 0 Å². The third-order valence-electron chi connectivity index (χ3n) is 7.74. The predicted molar refractivity (Wildman–Crippen MR) is 200 cm³/mol. The second-order valence-corrected chi connectivity index (χ2v) is 10.6. The van der Waals surface area contributed by atoms with Gasteiger partial charge in [-0.2, -0.15) is 0 Å².